The van der Waals surface area contributed by atoms with Crippen molar-refractivity contribution in [1.82, 2.24) is 4.90 Å². The molecule has 0 aliphatic heterocycles. The van der Waals surface area contributed by atoms with Crippen molar-refractivity contribution in [3.63, 3.8) is 0 Å². The molecule has 0 heterocycles. The van der Waals surface area contributed by atoms with Crippen LogP contribution in [0, 0.1) is 17.2 Å². The normalized spacial score (nSPS) is 12.3. The van der Waals surface area contributed by atoms with Gasteiger partial charge in [0.05, 0.1) is 18.1 Å². The van der Waals surface area contributed by atoms with E-state index in [9.17, 15) is 4.79 Å². The van der Waals surface area contributed by atoms with Crippen molar-refractivity contribution in [2.45, 2.75) is 26.9 Å². The highest BCUT2D eigenvalue weighted by atomic mass is 16.5. The summed E-state index contributed by atoms with van der Waals surface area (Å²) < 4.78 is 5.17. The summed E-state index contributed by atoms with van der Waals surface area (Å²) in [5.74, 6) is -0.219. The van der Waals surface area contributed by atoms with Crippen molar-refractivity contribution in [2.24, 2.45) is 5.92 Å². The number of carbonyl (C=O) groups excluding carboxylic acids is 1. The van der Waals surface area contributed by atoms with Gasteiger partial charge in [0.1, 0.15) is 6.61 Å². The molecule has 0 aromatic rings. The zero-order valence-corrected chi connectivity index (χ0v) is 9.28. The van der Waals surface area contributed by atoms with Crippen molar-refractivity contribution in [3.8, 4) is 6.07 Å². The molecule has 0 aromatic carbocycles. The highest BCUT2D eigenvalue weighted by molar-refractivity contribution is 5.77. The molecule has 0 saturated heterocycles. The first-order valence-electron chi connectivity index (χ1n) is 4.72. The summed E-state index contributed by atoms with van der Waals surface area (Å²) in [4.78, 5) is 12.9. The molecule has 4 heteroatoms. The summed E-state index contributed by atoms with van der Waals surface area (Å²) in [5, 5.41) is 8.56. The Kier molecular flexibility index (Phi) is 5.89. The molecular weight excluding hydrogens is 180 g/mol. The van der Waals surface area contributed by atoms with Crippen LogP contribution >= 0.6 is 0 Å². The molecule has 0 N–H and O–H groups in total. The number of amides is 1. The van der Waals surface area contributed by atoms with Gasteiger partial charge in [0, 0.05) is 13.6 Å². The van der Waals surface area contributed by atoms with E-state index in [0.717, 1.165) is 0 Å². The molecule has 1 unspecified atom stereocenters. The van der Waals surface area contributed by atoms with Crippen LogP contribution in [-0.4, -0.2) is 37.1 Å². The van der Waals surface area contributed by atoms with E-state index in [-0.39, 0.29) is 24.5 Å². The molecule has 0 radical (unpaired) electrons. The van der Waals surface area contributed by atoms with Crippen molar-refractivity contribution >= 4 is 5.91 Å². The minimum absolute atomic E-state index is 0.0562. The second kappa shape index (κ2) is 6.39. The maximum Gasteiger partial charge on any atom is 0.248 e. The highest BCUT2D eigenvalue weighted by Crippen LogP contribution is 1.97. The fourth-order valence-corrected chi connectivity index (χ4v) is 0.902. The van der Waals surface area contributed by atoms with Crippen molar-refractivity contribution in [3.05, 3.63) is 0 Å². The van der Waals surface area contributed by atoms with Crippen LogP contribution in [0.2, 0.25) is 0 Å². The quantitative estimate of drug-likeness (QED) is 0.663. The van der Waals surface area contributed by atoms with E-state index in [4.69, 9.17) is 10.00 Å². The number of nitriles is 1. The van der Waals surface area contributed by atoms with Gasteiger partial charge in [-0.25, -0.2) is 0 Å². The number of hydrogen-bond donors (Lipinski definition) is 0. The van der Waals surface area contributed by atoms with Gasteiger partial charge in [0.25, 0.3) is 0 Å². The van der Waals surface area contributed by atoms with Crippen LogP contribution in [0.3, 0.4) is 0 Å². The third-order valence-electron chi connectivity index (χ3n) is 1.73. The molecule has 0 aliphatic carbocycles. The van der Waals surface area contributed by atoms with Gasteiger partial charge < -0.3 is 9.64 Å². The van der Waals surface area contributed by atoms with E-state index < -0.39 is 0 Å². The summed E-state index contributed by atoms with van der Waals surface area (Å²) in [7, 11) is 1.68. The molecule has 0 bridgehead atoms. The number of likely N-dealkylation sites (N-methyl/N-ethyl adjacent to an activating group) is 1. The molecule has 0 fully saturated rings. The van der Waals surface area contributed by atoms with Gasteiger partial charge in [-0.2, -0.15) is 5.26 Å². The maximum atomic E-state index is 11.4. The van der Waals surface area contributed by atoms with Gasteiger partial charge in [-0.05, 0) is 20.8 Å². The number of nitrogens with zero attached hydrogens (tertiary/aromatic N) is 2. The number of ether oxygens (including phenoxy) is 1. The molecule has 0 spiro atoms. The first kappa shape index (κ1) is 12.9. The average molecular weight is 198 g/mol. The second-order valence-electron chi connectivity index (χ2n) is 3.66. The number of carbonyl (C=O) groups is 1. The molecule has 0 aliphatic rings. The van der Waals surface area contributed by atoms with Gasteiger partial charge >= 0.3 is 0 Å². The van der Waals surface area contributed by atoms with Crippen LogP contribution in [0.1, 0.15) is 20.8 Å². The average Bonchev–Trinajstić information content (AvgIpc) is 2.13. The zero-order chi connectivity index (χ0) is 11.1. The van der Waals surface area contributed by atoms with Crippen LogP contribution in [0.25, 0.3) is 0 Å². The molecule has 1 atom stereocenters. The third-order valence-corrected chi connectivity index (χ3v) is 1.73. The van der Waals surface area contributed by atoms with Crippen molar-refractivity contribution in [2.75, 3.05) is 20.2 Å². The topological polar surface area (TPSA) is 53.3 Å². The van der Waals surface area contributed by atoms with Crippen LogP contribution < -0.4 is 0 Å². The van der Waals surface area contributed by atoms with E-state index in [2.05, 4.69) is 6.07 Å². The summed E-state index contributed by atoms with van der Waals surface area (Å²) in [6.07, 6.45) is 0.0562. The van der Waals surface area contributed by atoms with Crippen LogP contribution in [-0.2, 0) is 9.53 Å². The maximum absolute atomic E-state index is 11.4. The van der Waals surface area contributed by atoms with E-state index in [0.29, 0.717) is 6.54 Å². The van der Waals surface area contributed by atoms with Gasteiger partial charge in [-0.3, -0.25) is 4.79 Å². The molecule has 0 rings (SSSR count). The smallest absolute Gasteiger partial charge is 0.248 e. The Bertz CT molecular complexity index is 221. The fraction of sp³-hybridized carbons (Fsp3) is 0.800. The fourth-order valence-electron chi connectivity index (χ4n) is 0.902. The Morgan fingerprint density at radius 1 is 1.50 bits per heavy atom. The molecule has 14 heavy (non-hydrogen) atoms. The zero-order valence-electron chi connectivity index (χ0n) is 9.28. The van der Waals surface area contributed by atoms with Gasteiger partial charge in [-0.1, -0.05) is 0 Å². The van der Waals surface area contributed by atoms with E-state index in [1.54, 1.807) is 14.0 Å². The number of rotatable bonds is 5. The Balaban J connectivity index is 3.83. The Hall–Kier alpha value is -1.08. The largest absolute Gasteiger partial charge is 0.369 e. The lowest BCUT2D eigenvalue weighted by atomic mass is 10.2. The van der Waals surface area contributed by atoms with Gasteiger partial charge in [0.2, 0.25) is 5.91 Å². The summed E-state index contributed by atoms with van der Waals surface area (Å²) in [6, 6.07) is 2.08. The lowest BCUT2D eigenvalue weighted by molar-refractivity contribution is -0.136. The third kappa shape index (κ3) is 5.55. The first-order valence-corrected chi connectivity index (χ1v) is 4.72. The minimum atomic E-state index is -0.136. The molecular formula is C10H18N2O2. The second-order valence-corrected chi connectivity index (χ2v) is 3.66. The lowest BCUT2D eigenvalue weighted by Crippen LogP contribution is -2.34. The van der Waals surface area contributed by atoms with Gasteiger partial charge in [-0.15, -0.1) is 0 Å². The molecule has 0 saturated carbocycles. The molecule has 0 aromatic heterocycles. The lowest BCUT2D eigenvalue weighted by Gasteiger charge is -2.18. The van der Waals surface area contributed by atoms with Crippen LogP contribution in [0.15, 0.2) is 0 Å². The van der Waals surface area contributed by atoms with Crippen LogP contribution in [0.5, 0.6) is 0 Å². The Morgan fingerprint density at radius 2 is 2.07 bits per heavy atom. The number of hydrogen-bond acceptors (Lipinski definition) is 3. The van der Waals surface area contributed by atoms with E-state index in [1.807, 2.05) is 13.8 Å². The standard InChI is InChI=1S/C10H18N2O2/c1-8(2)14-7-10(13)12(4)6-9(3)5-11/h8-9H,6-7H2,1-4H3. The van der Waals surface area contributed by atoms with E-state index >= 15 is 0 Å². The van der Waals surface area contributed by atoms with Gasteiger partial charge in [0.15, 0.2) is 0 Å². The Morgan fingerprint density at radius 3 is 2.50 bits per heavy atom. The van der Waals surface area contributed by atoms with E-state index in [1.165, 1.54) is 4.90 Å². The van der Waals surface area contributed by atoms with Crippen LogP contribution in [0.4, 0.5) is 0 Å². The highest BCUT2D eigenvalue weighted by Gasteiger charge is 2.12. The predicted octanol–water partition coefficient (Wildman–Crippen LogP) is 1.03. The SMILES string of the molecule is CC(C#N)CN(C)C(=O)COC(C)C. The summed E-state index contributed by atoms with van der Waals surface area (Å²) >= 11 is 0. The minimum Gasteiger partial charge on any atom is -0.369 e. The molecule has 80 valence electrons. The van der Waals surface area contributed by atoms with Crippen molar-refractivity contribution < 1.29 is 9.53 Å². The first-order chi connectivity index (χ1) is 6.47. The monoisotopic (exact) mass is 198 g/mol. The Labute approximate surface area is 85.5 Å². The van der Waals surface area contributed by atoms with Crippen molar-refractivity contribution in [1.29, 1.82) is 5.26 Å². The molecule has 4 nitrogen and oxygen atoms in total. The summed E-state index contributed by atoms with van der Waals surface area (Å²) in [6.45, 7) is 6.09. The summed E-state index contributed by atoms with van der Waals surface area (Å²) in [5.41, 5.74) is 0. The predicted molar refractivity (Wildman–Crippen MR) is 53.5 cm³/mol. The molecule has 1 amide bonds.